The van der Waals surface area contributed by atoms with E-state index in [1.165, 1.54) is 5.56 Å². The van der Waals surface area contributed by atoms with Crippen molar-refractivity contribution in [1.82, 2.24) is 0 Å². The maximum absolute atomic E-state index is 5.95. The predicted octanol–water partition coefficient (Wildman–Crippen LogP) is 2.52. The third-order valence-corrected chi connectivity index (χ3v) is 3.43. The average Bonchev–Trinajstić information content (AvgIpc) is 2.39. The molecule has 1 aliphatic carbocycles. The summed E-state index contributed by atoms with van der Waals surface area (Å²) in [6, 6.07) is 8.39. The number of hydrogen-bond donors (Lipinski definition) is 1. The van der Waals surface area contributed by atoms with Gasteiger partial charge in [0.15, 0.2) is 0 Å². The molecule has 0 aromatic heterocycles. The van der Waals surface area contributed by atoms with Crippen LogP contribution < -0.4 is 10.5 Å². The summed E-state index contributed by atoms with van der Waals surface area (Å²) >= 11 is 0. The van der Waals surface area contributed by atoms with Crippen molar-refractivity contribution in [3.63, 3.8) is 0 Å². The van der Waals surface area contributed by atoms with Gasteiger partial charge in [0.05, 0.1) is 0 Å². The van der Waals surface area contributed by atoms with Crippen molar-refractivity contribution in [1.29, 1.82) is 0 Å². The van der Waals surface area contributed by atoms with Gasteiger partial charge >= 0.3 is 0 Å². The molecule has 1 aliphatic rings. The monoisotopic (exact) mass is 249 g/mol. The van der Waals surface area contributed by atoms with Crippen LogP contribution in [0.25, 0.3) is 0 Å². The third kappa shape index (κ3) is 3.03. The molecule has 3 unspecified atom stereocenters. The molecule has 0 saturated heterocycles. The molecular weight excluding hydrogens is 226 g/mol. The summed E-state index contributed by atoms with van der Waals surface area (Å²) in [7, 11) is 0. The second-order valence-electron chi connectivity index (χ2n) is 4.89. The Morgan fingerprint density at radius 2 is 1.94 bits per heavy atom. The van der Waals surface area contributed by atoms with Crippen molar-refractivity contribution in [2.75, 3.05) is 6.61 Å². The lowest BCUT2D eigenvalue weighted by Gasteiger charge is -2.41. The molecule has 0 bridgehead atoms. The molecule has 2 rings (SSSR count). The highest BCUT2D eigenvalue weighted by Gasteiger charge is 2.41. The van der Waals surface area contributed by atoms with E-state index in [2.05, 4.69) is 26.0 Å². The van der Waals surface area contributed by atoms with Crippen LogP contribution in [0.4, 0.5) is 0 Å². The Morgan fingerprint density at radius 1 is 1.22 bits per heavy atom. The van der Waals surface area contributed by atoms with Crippen molar-refractivity contribution < 1.29 is 9.47 Å². The third-order valence-electron chi connectivity index (χ3n) is 3.43. The zero-order chi connectivity index (χ0) is 13.0. The van der Waals surface area contributed by atoms with Gasteiger partial charge < -0.3 is 15.2 Å². The molecule has 100 valence electrons. The maximum Gasteiger partial charge on any atom is 0.128 e. The van der Waals surface area contributed by atoms with E-state index in [1.807, 2.05) is 12.1 Å². The Morgan fingerprint density at radius 3 is 2.50 bits per heavy atom. The van der Waals surface area contributed by atoms with Gasteiger partial charge in [0.25, 0.3) is 0 Å². The highest BCUT2D eigenvalue weighted by molar-refractivity contribution is 5.27. The van der Waals surface area contributed by atoms with Crippen LogP contribution in [0, 0.1) is 0 Å². The molecule has 18 heavy (non-hydrogen) atoms. The van der Waals surface area contributed by atoms with Crippen LogP contribution in [0.15, 0.2) is 24.3 Å². The predicted molar refractivity (Wildman–Crippen MR) is 72.9 cm³/mol. The molecule has 2 N–H and O–H groups in total. The first-order valence-electron chi connectivity index (χ1n) is 6.87. The molecule has 0 amide bonds. The Bertz CT molecular complexity index is 363. The molecule has 1 aromatic carbocycles. The van der Waals surface area contributed by atoms with Crippen LogP contribution in [0.2, 0.25) is 0 Å². The normalized spacial score (nSPS) is 26.7. The molecule has 0 radical (unpaired) electrons. The number of benzene rings is 1. The maximum atomic E-state index is 5.95. The molecule has 3 nitrogen and oxygen atoms in total. The molecule has 0 heterocycles. The lowest BCUT2D eigenvalue weighted by atomic mass is 9.86. The average molecular weight is 249 g/mol. The quantitative estimate of drug-likeness (QED) is 0.842. The molecule has 0 spiro atoms. The van der Waals surface area contributed by atoms with Gasteiger partial charge in [0, 0.05) is 19.1 Å². The van der Waals surface area contributed by atoms with Crippen LogP contribution in [-0.2, 0) is 11.2 Å². The molecule has 3 atom stereocenters. The van der Waals surface area contributed by atoms with E-state index in [1.54, 1.807) is 0 Å². The second kappa shape index (κ2) is 6.21. The van der Waals surface area contributed by atoms with Gasteiger partial charge in [-0.05, 0) is 30.5 Å². The first-order valence-corrected chi connectivity index (χ1v) is 6.87. The van der Waals surface area contributed by atoms with Gasteiger partial charge in [0.1, 0.15) is 18.0 Å². The first-order chi connectivity index (χ1) is 8.74. The standard InChI is InChI=1S/C15H23NO2/c1-3-9-17-15-13(16)10-14(15)18-12-7-5-11(4-2)6-8-12/h5-8,13-15H,3-4,9-10,16H2,1-2H3. The van der Waals surface area contributed by atoms with Gasteiger partial charge in [0.2, 0.25) is 0 Å². The fraction of sp³-hybridized carbons (Fsp3) is 0.600. The number of aryl methyl sites for hydroxylation is 1. The van der Waals surface area contributed by atoms with Crippen LogP contribution in [0.1, 0.15) is 32.3 Å². The molecular formula is C15H23NO2. The topological polar surface area (TPSA) is 44.5 Å². The Labute approximate surface area is 109 Å². The van der Waals surface area contributed by atoms with Crippen LogP contribution in [0.3, 0.4) is 0 Å². The lowest BCUT2D eigenvalue weighted by Crippen LogP contribution is -2.59. The van der Waals surface area contributed by atoms with Crippen molar-refractivity contribution in [2.45, 2.75) is 51.4 Å². The molecule has 1 fully saturated rings. The summed E-state index contributed by atoms with van der Waals surface area (Å²) in [4.78, 5) is 0. The Balaban J connectivity index is 1.88. The highest BCUT2D eigenvalue weighted by Crippen LogP contribution is 2.28. The fourth-order valence-electron chi connectivity index (χ4n) is 2.19. The van der Waals surface area contributed by atoms with Gasteiger partial charge in [-0.15, -0.1) is 0 Å². The molecule has 0 aliphatic heterocycles. The van der Waals surface area contributed by atoms with E-state index in [-0.39, 0.29) is 18.2 Å². The zero-order valence-corrected chi connectivity index (χ0v) is 11.3. The van der Waals surface area contributed by atoms with E-state index < -0.39 is 0 Å². The fourth-order valence-corrected chi connectivity index (χ4v) is 2.19. The minimum absolute atomic E-state index is 0.0517. The molecule has 3 heteroatoms. The van der Waals surface area contributed by atoms with E-state index >= 15 is 0 Å². The van der Waals surface area contributed by atoms with Crippen molar-refractivity contribution >= 4 is 0 Å². The van der Waals surface area contributed by atoms with E-state index in [0.29, 0.717) is 0 Å². The summed E-state index contributed by atoms with van der Waals surface area (Å²) in [5, 5.41) is 0. The smallest absolute Gasteiger partial charge is 0.128 e. The Kier molecular flexibility index (Phi) is 4.61. The number of rotatable bonds is 6. The second-order valence-corrected chi connectivity index (χ2v) is 4.89. The van der Waals surface area contributed by atoms with E-state index in [0.717, 1.165) is 31.6 Å². The SMILES string of the molecule is CCCOC1C(N)CC1Oc1ccc(CC)cc1. The van der Waals surface area contributed by atoms with Gasteiger partial charge in [-0.2, -0.15) is 0 Å². The lowest BCUT2D eigenvalue weighted by molar-refractivity contribution is -0.0980. The van der Waals surface area contributed by atoms with Crippen molar-refractivity contribution in [2.24, 2.45) is 5.73 Å². The van der Waals surface area contributed by atoms with Gasteiger partial charge in [-0.3, -0.25) is 0 Å². The summed E-state index contributed by atoms with van der Waals surface area (Å²) < 4.78 is 11.6. The van der Waals surface area contributed by atoms with Crippen molar-refractivity contribution in [3.8, 4) is 5.75 Å². The van der Waals surface area contributed by atoms with Crippen LogP contribution in [-0.4, -0.2) is 24.9 Å². The van der Waals surface area contributed by atoms with Gasteiger partial charge in [-0.25, -0.2) is 0 Å². The number of ether oxygens (including phenoxy) is 2. The van der Waals surface area contributed by atoms with Crippen LogP contribution >= 0.6 is 0 Å². The minimum Gasteiger partial charge on any atom is -0.488 e. The van der Waals surface area contributed by atoms with E-state index in [4.69, 9.17) is 15.2 Å². The van der Waals surface area contributed by atoms with E-state index in [9.17, 15) is 0 Å². The first kappa shape index (κ1) is 13.4. The zero-order valence-electron chi connectivity index (χ0n) is 11.3. The summed E-state index contributed by atoms with van der Waals surface area (Å²) in [5.74, 6) is 0.911. The summed E-state index contributed by atoms with van der Waals surface area (Å²) in [6.07, 6.45) is 3.11. The number of hydrogen-bond acceptors (Lipinski definition) is 3. The Hall–Kier alpha value is -1.06. The minimum atomic E-state index is 0.0517. The largest absolute Gasteiger partial charge is 0.488 e. The van der Waals surface area contributed by atoms with Gasteiger partial charge in [-0.1, -0.05) is 26.0 Å². The summed E-state index contributed by atoms with van der Waals surface area (Å²) in [6.45, 7) is 5.01. The highest BCUT2D eigenvalue weighted by atomic mass is 16.5. The van der Waals surface area contributed by atoms with Crippen molar-refractivity contribution in [3.05, 3.63) is 29.8 Å². The molecule has 1 aromatic rings. The molecule has 1 saturated carbocycles. The summed E-state index contributed by atoms with van der Waals surface area (Å²) in [5.41, 5.74) is 7.27. The number of nitrogens with two attached hydrogens (primary N) is 1. The van der Waals surface area contributed by atoms with Crippen LogP contribution in [0.5, 0.6) is 5.75 Å².